The first-order chi connectivity index (χ1) is 15.6. The topological polar surface area (TPSA) is 106 Å². The standard InChI is InChI=1S/C23H19ClN6O2/c1-32-18-9-14(12-25-13-18)19-6-5-17(11-20(19)21-27-29-30-28-21)26-22(31)23(7-8-23)15-3-2-4-16(24)10-15/h2-6,9-13H,7-8H2,1H3,(H,26,31)(H,27,28,29,30). The van der Waals surface area contributed by atoms with Crippen LogP contribution in [0.2, 0.25) is 5.02 Å². The van der Waals surface area contributed by atoms with E-state index < -0.39 is 5.41 Å². The fraction of sp³-hybridized carbons (Fsp3) is 0.174. The van der Waals surface area contributed by atoms with Gasteiger partial charge in [-0.2, -0.15) is 0 Å². The van der Waals surface area contributed by atoms with Gasteiger partial charge in [0.2, 0.25) is 5.91 Å². The first-order valence-electron chi connectivity index (χ1n) is 10.0. The highest BCUT2D eigenvalue weighted by molar-refractivity contribution is 6.30. The molecule has 5 rings (SSSR count). The summed E-state index contributed by atoms with van der Waals surface area (Å²) in [6.07, 6.45) is 4.94. The summed E-state index contributed by atoms with van der Waals surface area (Å²) in [5.41, 5.74) is 3.45. The molecule has 1 fully saturated rings. The van der Waals surface area contributed by atoms with Gasteiger partial charge in [0.25, 0.3) is 0 Å². The number of hydrogen-bond donors (Lipinski definition) is 2. The predicted molar refractivity (Wildman–Crippen MR) is 120 cm³/mol. The lowest BCUT2D eigenvalue weighted by Gasteiger charge is -2.17. The van der Waals surface area contributed by atoms with E-state index in [9.17, 15) is 4.79 Å². The molecule has 9 heteroatoms. The lowest BCUT2D eigenvalue weighted by atomic mass is 9.94. The summed E-state index contributed by atoms with van der Waals surface area (Å²) >= 11 is 6.15. The number of pyridine rings is 1. The second-order valence-corrected chi connectivity index (χ2v) is 8.11. The SMILES string of the molecule is COc1cncc(-c2ccc(NC(=O)C3(c4cccc(Cl)c4)CC3)cc2-c2nnn[nH]2)c1. The van der Waals surface area contributed by atoms with Crippen LogP contribution in [0.25, 0.3) is 22.5 Å². The second kappa shape index (κ2) is 8.05. The zero-order valence-electron chi connectivity index (χ0n) is 17.2. The molecular weight excluding hydrogens is 428 g/mol. The van der Waals surface area contributed by atoms with E-state index in [1.807, 2.05) is 48.5 Å². The van der Waals surface area contributed by atoms with Crippen molar-refractivity contribution < 1.29 is 9.53 Å². The maximum absolute atomic E-state index is 13.2. The Kier molecular flexibility index (Phi) is 5.07. The smallest absolute Gasteiger partial charge is 0.235 e. The number of carbonyl (C=O) groups excluding carboxylic acids is 1. The molecule has 0 unspecified atom stereocenters. The van der Waals surface area contributed by atoms with Gasteiger partial charge < -0.3 is 10.1 Å². The maximum atomic E-state index is 13.2. The quantitative estimate of drug-likeness (QED) is 0.458. The minimum absolute atomic E-state index is 0.0581. The van der Waals surface area contributed by atoms with Crippen LogP contribution in [0, 0.1) is 0 Å². The van der Waals surface area contributed by atoms with Crippen molar-refractivity contribution in [3.63, 3.8) is 0 Å². The number of aromatic nitrogens is 5. The van der Waals surface area contributed by atoms with Gasteiger partial charge in [-0.05, 0) is 64.7 Å². The molecule has 1 aliphatic rings. The minimum Gasteiger partial charge on any atom is -0.495 e. The largest absolute Gasteiger partial charge is 0.495 e. The third kappa shape index (κ3) is 3.69. The molecular formula is C23H19ClN6O2. The first kappa shape index (κ1) is 20.1. The third-order valence-electron chi connectivity index (χ3n) is 5.70. The van der Waals surface area contributed by atoms with Crippen molar-refractivity contribution in [2.45, 2.75) is 18.3 Å². The van der Waals surface area contributed by atoms with Gasteiger partial charge in [-0.25, -0.2) is 5.10 Å². The van der Waals surface area contributed by atoms with Crippen LogP contribution < -0.4 is 10.1 Å². The van der Waals surface area contributed by atoms with E-state index in [0.29, 0.717) is 22.3 Å². The molecule has 1 saturated carbocycles. The number of ether oxygens (including phenoxy) is 1. The van der Waals surface area contributed by atoms with Crippen molar-refractivity contribution in [2.75, 3.05) is 12.4 Å². The number of carbonyl (C=O) groups is 1. The highest BCUT2D eigenvalue weighted by Gasteiger charge is 2.51. The number of aromatic amines is 1. The summed E-state index contributed by atoms with van der Waals surface area (Å²) in [6, 6.07) is 15.0. The van der Waals surface area contributed by atoms with E-state index in [0.717, 1.165) is 35.1 Å². The molecule has 0 radical (unpaired) electrons. The van der Waals surface area contributed by atoms with Gasteiger partial charge >= 0.3 is 0 Å². The van der Waals surface area contributed by atoms with Crippen molar-refractivity contribution in [1.82, 2.24) is 25.6 Å². The Morgan fingerprint density at radius 3 is 2.72 bits per heavy atom. The fourth-order valence-corrected chi connectivity index (χ4v) is 4.02. The van der Waals surface area contributed by atoms with Crippen molar-refractivity contribution in [3.8, 4) is 28.3 Å². The van der Waals surface area contributed by atoms with Gasteiger partial charge in [0.15, 0.2) is 5.82 Å². The highest BCUT2D eigenvalue weighted by atomic mass is 35.5. The monoisotopic (exact) mass is 446 g/mol. The molecule has 160 valence electrons. The molecule has 0 spiro atoms. The summed E-state index contributed by atoms with van der Waals surface area (Å²) in [7, 11) is 1.59. The third-order valence-corrected chi connectivity index (χ3v) is 5.93. The molecule has 0 saturated heterocycles. The fourth-order valence-electron chi connectivity index (χ4n) is 3.83. The Morgan fingerprint density at radius 1 is 1.12 bits per heavy atom. The van der Waals surface area contributed by atoms with Gasteiger partial charge in [0, 0.05) is 28.0 Å². The Hall–Kier alpha value is -3.78. The summed E-state index contributed by atoms with van der Waals surface area (Å²) in [4.78, 5) is 17.5. The van der Waals surface area contributed by atoms with Crippen LogP contribution in [0.5, 0.6) is 5.75 Å². The number of rotatable bonds is 6. The van der Waals surface area contributed by atoms with E-state index in [2.05, 4.69) is 30.9 Å². The average molecular weight is 447 g/mol. The Bertz CT molecular complexity index is 1290. The molecule has 8 nitrogen and oxygen atoms in total. The lowest BCUT2D eigenvalue weighted by Crippen LogP contribution is -2.27. The summed E-state index contributed by atoms with van der Waals surface area (Å²) in [6.45, 7) is 0. The Balaban J connectivity index is 1.49. The van der Waals surface area contributed by atoms with Crippen LogP contribution in [0.3, 0.4) is 0 Å². The minimum atomic E-state index is -0.547. The molecule has 2 heterocycles. The number of H-pyrrole nitrogens is 1. The number of anilines is 1. The maximum Gasteiger partial charge on any atom is 0.235 e. The van der Waals surface area contributed by atoms with Gasteiger partial charge in [-0.3, -0.25) is 9.78 Å². The average Bonchev–Trinajstić information content (AvgIpc) is 3.46. The molecule has 2 N–H and O–H groups in total. The van der Waals surface area contributed by atoms with Crippen molar-refractivity contribution in [2.24, 2.45) is 0 Å². The lowest BCUT2D eigenvalue weighted by molar-refractivity contribution is -0.118. The molecule has 0 aliphatic heterocycles. The van der Waals surface area contributed by atoms with E-state index in [1.165, 1.54) is 0 Å². The summed E-state index contributed by atoms with van der Waals surface area (Å²) in [5.74, 6) is 1.06. The van der Waals surface area contributed by atoms with Crippen LogP contribution >= 0.6 is 11.6 Å². The number of nitrogens with zero attached hydrogens (tertiary/aromatic N) is 4. The summed E-state index contributed by atoms with van der Waals surface area (Å²) < 4.78 is 5.30. The van der Waals surface area contributed by atoms with Crippen molar-refractivity contribution in [1.29, 1.82) is 0 Å². The van der Waals surface area contributed by atoms with E-state index in [1.54, 1.807) is 19.5 Å². The molecule has 0 atom stereocenters. The second-order valence-electron chi connectivity index (χ2n) is 7.67. The number of tetrazole rings is 1. The number of halogens is 1. The van der Waals surface area contributed by atoms with Crippen LogP contribution in [-0.4, -0.2) is 38.6 Å². The molecule has 1 aliphatic carbocycles. The first-order valence-corrected chi connectivity index (χ1v) is 10.4. The molecule has 1 amide bonds. The van der Waals surface area contributed by atoms with Gasteiger partial charge in [0.05, 0.1) is 18.7 Å². The number of hydrogen-bond acceptors (Lipinski definition) is 6. The summed E-state index contributed by atoms with van der Waals surface area (Å²) in [5, 5.41) is 17.9. The van der Waals surface area contributed by atoms with E-state index >= 15 is 0 Å². The zero-order chi connectivity index (χ0) is 22.1. The number of benzene rings is 2. The van der Waals surface area contributed by atoms with Gasteiger partial charge in [-0.1, -0.05) is 29.8 Å². The molecule has 0 bridgehead atoms. The zero-order valence-corrected chi connectivity index (χ0v) is 17.9. The van der Waals surface area contributed by atoms with Crippen molar-refractivity contribution in [3.05, 3.63) is 71.5 Å². The molecule has 2 aromatic heterocycles. The number of amides is 1. The van der Waals surface area contributed by atoms with Crippen LogP contribution in [0.4, 0.5) is 5.69 Å². The molecule has 4 aromatic rings. The van der Waals surface area contributed by atoms with Crippen LogP contribution in [-0.2, 0) is 10.2 Å². The van der Waals surface area contributed by atoms with Crippen LogP contribution in [0.1, 0.15) is 18.4 Å². The molecule has 2 aromatic carbocycles. The van der Waals surface area contributed by atoms with Crippen molar-refractivity contribution >= 4 is 23.2 Å². The van der Waals surface area contributed by atoms with Gasteiger partial charge in [0.1, 0.15) is 5.75 Å². The number of nitrogens with one attached hydrogen (secondary N) is 2. The van der Waals surface area contributed by atoms with Gasteiger partial charge in [-0.15, -0.1) is 5.10 Å². The predicted octanol–water partition coefficient (Wildman–Crippen LogP) is 4.26. The number of methoxy groups -OCH3 is 1. The van der Waals surface area contributed by atoms with E-state index in [-0.39, 0.29) is 5.91 Å². The normalized spacial score (nSPS) is 14.1. The van der Waals surface area contributed by atoms with E-state index in [4.69, 9.17) is 16.3 Å². The highest BCUT2D eigenvalue weighted by Crippen LogP contribution is 2.49. The Morgan fingerprint density at radius 2 is 2.00 bits per heavy atom. The van der Waals surface area contributed by atoms with Crippen LogP contribution in [0.15, 0.2) is 60.9 Å². The Labute approximate surface area is 189 Å². The molecule has 32 heavy (non-hydrogen) atoms.